The number of carbonyl (C=O) groups is 2. The van der Waals surface area contributed by atoms with Crippen LogP contribution in [-0.2, 0) is 0 Å². The standard InChI is InChI=1S/C32H33FN4O4/c1-21-2-8-25(9-3-21)36-18-14-26(15-19-36)40-27-10-11-28-29(20-27)41-31(35-28)30(38)34-24-12-16-37(17-13-24)32(39)22-4-6-23(33)7-5-22/h2-11,20,24,26H,12-19H2,1H3,(H,34,38). The maximum absolute atomic E-state index is 13.2. The van der Waals surface area contributed by atoms with Crippen LogP contribution in [0.25, 0.3) is 11.1 Å². The fourth-order valence-corrected chi connectivity index (χ4v) is 5.50. The molecule has 2 aliphatic rings. The Morgan fingerprint density at radius 3 is 2.34 bits per heavy atom. The Morgan fingerprint density at radius 2 is 1.63 bits per heavy atom. The van der Waals surface area contributed by atoms with Gasteiger partial charge in [-0.25, -0.2) is 9.37 Å². The molecule has 212 valence electrons. The van der Waals surface area contributed by atoms with Crippen molar-refractivity contribution < 1.29 is 23.1 Å². The quantitative estimate of drug-likeness (QED) is 0.344. The lowest BCUT2D eigenvalue weighted by molar-refractivity contribution is 0.0695. The number of carbonyl (C=O) groups excluding carboxylic acids is 2. The second-order valence-corrected chi connectivity index (χ2v) is 10.8. The lowest BCUT2D eigenvalue weighted by Crippen LogP contribution is -2.46. The number of amides is 2. The van der Waals surface area contributed by atoms with Crippen molar-refractivity contribution in [2.75, 3.05) is 31.1 Å². The van der Waals surface area contributed by atoms with Gasteiger partial charge in [0.1, 0.15) is 23.2 Å². The minimum Gasteiger partial charge on any atom is -0.490 e. The molecule has 3 aromatic carbocycles. The topological polar surface area (TPSA) is 87.9 Å². The molecule has 1 N–H and O–H groups in total. The molecule has 0 bridgehead atoms. The number of halogens is 1. The van der Waals surface area contributed by atoms with Gasteiger partial charge in [0.2, 0.25) is 0 Å². The van der Waals surface area contributed by atoms with Crippen molar-refractivity contribution in [2.24, 2.45) is 0 Å². The van der Waals surface area contributed by atoms with E-state index in [0.717, 1.165) is 25.9 Å². The molecule has 0 aliphatic carbocycles. The first-order valence-electron chi connectivity index (χ1n) is 14.2. The zero-order chi connectivity index (χ0) is 28.3. The summed E-state index contributed by atoms with van der Waals surface area (Å²) < 4.78 is 25.2. The van der Waals surface area contributed by atoms with Gasteiger partial charge in [0.15, 0.2) is 5.58 Å². The van der Waals surface area contributed by atoms with Crippen LogP contribution >= 0.6 is 0 Å². The highest BCUT2D eigenvalue weighted by Gasteiger charge is 2.27. The fraction of sp³-hybridized carbons (Fsp3) is 0.344. The zero-order valence-electron chi connectivity index (χ0n) is 23.0. The number of piperidine rings is 2. The van der Waals surface area contributed by atoms with E-state index >= 15 is 0 Å². The SMILES string of the molecule is Cc1ccc(N2CCC(Oc3ccc4nc(C(=O)NC5CCN(C(=O)c6ccc(F)cc6)CC5)oc4c3)CC2)cc1. The van der Waals surface area contributed by atoms with Gasteiger partial charge in [0, 0.05) is 62.4 Å². The van der Waals surface area contributed by atoms with Crippen LogP contribution < -0.4 is 15.0 Å². The Balaban J connectivity index is 1.00. The highest BCUT2D eigenvalue weighted by atomic mass is 19.1. The van der Waals surface area contributed by atoms with Crippen molar-refractivity contribution in [3.63, 3.8) is 0 Å². The van der Waals surface area contributed by atoms with Crippen molar-refractivity contribution in [1.29, 1.82) is 0 Å². The molecule has 0 radical (unpaired) electrons. The molecule has 2 saturated heterocycles. The molecule has 6 rings (SSSR count). The zero-order valence-corrected chi connectivity index (χ0v) is 23.0. The van der Waals surface area contributed by atoms with E-state index in [1.165, 1.54) is 35.5 Å². The number of rotatable bonds is 6. The number of likely N-dealkylation sites (tertiary alicyclic amines) is 1. The van der Waals surface area contributed by atoms with Crippen molar-refractivity contribution in [2.45, 2.75) is 44.8 Å². The molecule has 0 spiro atoms. The summed E-state index contributed by atoms with van der Waals surface area (Å²) in [7, 11) is 0. The van der Waals surface area contributed by atoms with E-state index in [-0.39, 0.29) is 35.7 Å². The highest BCUT2D eigenvalue weighted by Crippen LogP contribution is 2.27. The number of ether oxygens (including phenoxy) is 1. The fourth-order valence-electron chi connectivity index (χ4n) is 5.50. The van der Waals surface area contributed by atoms with Crippen LogP contribution in [0.1, 0.15) is 52.3 Å². The summed E-state index contributed by atoms with van der Waals surface area (Å²) >= 11 is 0. The Bertz CT molecular complexity index is 1520. The highest BCUT2D eigenvalue weighted by molar-refractivity contribution is 5.94. The molecule has 3 heterocycles. The summed E-state index contributed by atoms with van der Waals surface area (Å²) in [6.45, 7) is 4.96. The van der Waals surface area contributed by atoms with Crippen LogP contribution in [0.3, 0.4) is 0 Å². The predicted molar refractivity (Wildman–Crippen MR) is 154 cm³/mol. The van der Waals surface area contributed by atoms with E-state index in [1.54, 1.807) is 11.0 Å². The summed E-state index contributed by atoms with van der Waals surface area (Å²) in [6, 6.07) is 19.5. The van der Waals surface area contributed by atoms with E-state index in [0.29, 0.717) is 48.3 Å². The molecule has 2 amide bonds. The smallest absolute Gasteiger partial charge is 0.307 e. The summed E-state index contributed by atoms with van der Waals surface area (Å²) in [5.41, 5.74) is 4.05. The van der Waals surface area contributed by atoms with E-state index in [1.807, 2.05) is 12.1 Å². The number of aromatic nitrogens is 1. The third-order valence-corrected chi connectivity index (χ3v) is 7.91. The first kappa shape index (κ1) is 26.8. The third kappa shape index (κ3) is 6.19. The summed E-state index contributed by atoms with van der Waals surface area (Å²) in [4.78, 5) is 34.1. The molecule has 41 heavy (non-hydrogen) atoms. The number of hydrogen-bond donors (Lipinski definition) is 1. The maximum Gasteiger partial charge on any atom is 0.307 e. The second-order valence-electron chi connectivity index (χ2n) is 10.8. The van der Waals surface area contributed by atoms with Crippen molar-refractivity contribution in [1.82, 2.24) is 15.2 Å². The molecule has 9 heteroatoms. The maximum atomic E-state index is 13.2. The molecule has 0 unspecified atom stereocenters. The molecule has 1 aromatic heterocycles. The van der Waals surface area contributed by atoms with Gasteiger partial charge in [-0.15, -0.1) is 0 Å². The number of benzene rings is 3. The Labute approximate surface area is 238 Å². The number of fused-ring (bicyclic) bond motifs is 1. The van der Waals surface area contributed by atoms with Gasteiger partial charge in [0.25, 0.3) is 11.8 Å². The molecule has 0 saturated carbocycles. The Hall–Kier alpha value is -4.40. The summed E-state index contributed by atoms with van der Waals surface area (Å²) in [5, 5.41) is 2.99. The van der Waals surface area contributed by atoms with Gasteiger partial charge in [-0.2, -0.15) is 0 Å². The van der Waals surface area contributed by atoms with Crippen LogP contribution in [0.4, 0.5) is 10.1 Å². The first-order chi connectivity index (χ1) is 19.9. The lowest BCUT2D eigenvalue weighted by atomic mass is 10.0. The van der Waals surface area contributed by atoms with Gasteiger partial charge in [-0.3, -0.25) is 9.59 Å². The minimum atomic E-state index is -0.379. The van der Waals surface area contributed by atoms with Crippen LogP contribution in [-0.4, -0.2) is 60.0 Å². The number of nitrogens with zero attached hydrogens (tertiary/aromatic N) is 3. The number of hydrogen-bond acceptors (Lipinski definition) is 6. The van der Waals surface area contributed by atoms with Crippen molar-refractivity contribution >= 4 is 28.6 Å². The van der Waals surface area contributed by atoms with Gasteiger partial charge >= 0.3 is 5.91 Å². The van der Waals surface area contributed by atoms with E-state index < -0.39 is 0 Å². The van der Waals surface area contributed by atoms with Crippen molar-refractivity contribution in [3.8, 4) is 5.75 Å². The second kappa shape index (κ2) is 11.6. The van der Waals surface area contributed by atoms with E-state index in [9.17, 15) is 14.0 Å². The summed E-state index contributed by atoms with van der Waals surface area (Å²) in [5.74, 6) is -0.180. The van der Waals surface area contributed by atoms with Crippen LogP contribution in [0.15, 0.2) is 71.1 Å². The monoisotopic (exact) mass is 556 g/mol. The summed E-state index contributed by atoms with van der Waals surface area (Å²) in [6.07, 6.45) is 3.18. The molecular formula is C32H33FN4O4. The lowest BCUT2D eigenvalue weighted by Gasteiger charge is -2.33. The number of nitrogens with one attached hydrogen (secondary N) is 1. The molecule has 8 nitrogen and oxygen atoms in total. The molecular weight excluding hydrogens is 523 g/mol. The van der Waals surface area contributed by atoms with E-state index in [4.69, 9.17) is 9.15 Å². The number of oxazole rings is 1. The average molecular weight is 557 g/mol. The van der Waals surface area contributed by atoms with Crippen LogP contribution in [0.5, 0.6) is 5.75 Å². The van der Waals surface area contributed by atoms with Crippen LogP contribution in [0, 0.1) is 12.7 Å². The third-order valence-electron chi connectivity index (χ3n) is 7.91. The normalized spacial score (nSPS) is 16.6. The van der Waals surface area contributed by atoms with Crippen molar-refractivity contribution in [3.05, 3.63) is 89.6 Å². The Kier molecular flexibility index (Phi) is 7.59. The van der Waals surface area contributed by atoms with Gasteiger partial charge in [0.05, 0.1) is 0 Å². The molecule has 2 fully saturated rings. The first-order valence-corrected chi connectivity index (χ1v) is 14.2. The largest absolute Gasteiger partial charge is 0.490 e. The van der Waals surface area contributed by atoms with Gasteiger partial charge in [-0.1, -0.05) is 17.7 Å². The van der Waals surface area contributed by atoms with E-state index in [2.05, 4.69) is 46.4 Å². The number of aryl methyl sites for hydroxylation is 1. The molecule has 0 atom stereocenters. The Morgan fingerprint density at radius 1 is 0.927 bits per heavy atom. The average Bonchev–Trinajstić information content (AvgIpc) is 3.42. The van der Waals surface area contributed by atoms with Gasteiger partial charge < -0.3 is 24.3 Å². The molecule has 4 aromatic rings. The molecule has 2 aliphatic heterocycles. The minimum absolute atomic E-state index is 0.00775. The predicted octanol–water partition coefficient (Wildman–Crippen LogP) is 5.36. The number of anilines is 1. The van der Waals surface area contributed by atoms with Gasteiger partial charge in [-0.05, 0) is 68.3 Å². The van der Waals surface area contributed by atoms with Crippen LogP contribution in [0.2, 0.25) is 0 Å².